The summed E-state index contributed by atoms with van der Waals surface area (Å²) < 4.78 is 0. The van der Waals surface area contributed by atoms with Gasteiger partial charge in [-0.05, 0) is 0 Å². The number of hydrogen-bond donors (Lipinski definition) is 1. The van der Waals surface area contributed by atoms with Gasteiger partial charge >= 0.3 is 0 Å². The molecule has 0 bridgehead atoms. The van der Waals surface area contributed by atoms with Crippen LogP contribution < -0.4 is 5.32 Å². The molecule has 2 nitrogen and oxygen atoms in total. The molecular formula is C4H9N2. The molecular weight excluding hydrogens is 76.1 g/mol. The molecule has 0 aromatic heterocycles. The van der Waals surface area contributed by atoms with Gasteiger partial charge in [-0.25, -0.2) is 0 Å². The summed E-state index contributed by atoms with van der Waals surface area (Å²) in [4.78, 5) is 2.00. The molecule has 1 aliphatic rings. The van der Waals surface area contributed by atoms with Crippen molar-refractivity contribution in [2.75, 3.05) is 19.8 Å². The van der Waals surface area contributed by atoms with Gasteiger partial charge in [-0.15, -0.1) is 0 Å². The SMILES string of the molecule is [CH2]N1CCNC1. The van der Waals surface area contributed by atoms with Crippen LogP contribution in [0.3, 0.4) is 0 Å². The van der Waals surface area contributed by atoms with Crippen LogP contribution in [0.5, 0.6) is 0 Å². The Bertz CT molecular complexity index is 38.8. The Hall–Kier alpha value is -0.0800. The van der Waals surface area contributed by atoms with E-state index in [1.165, 1.54) is 0 Å². The van der Waals surface area contributed by atoms with Crippen LogP contribution in [0.25, 0.3) is 0 Å². The Morgan fingerprint density at radius 1 is 1.67 bits per heavy atom. The third-order valence-corrected chi connectivity index (χ3v) is 0.940. The molecule has 0 aromatic carbocycles. The maximum atomic E-state index is 3.71. The minimum Gasteiger partial charge on any atom is -0.303 e. The highest BCUT2D eigenvalue weighted by molar-refractivity contribution is 4.62. The average molecular weight is 85.1 g/mol. The normalized spacial score (nSPS) is 25.5. The molecule has 1 heterocycles. The summed E-state index contributed by atoms with van der Waals surface area (Å²) in [5, 5.41) is 3.14. The maximum Gasteiger partial charge on any atom is 0.0481 e. The molecule has 6 heavy (non-hydrogen) atoms. The zero-order valence-electron chi connectivity index (χ0n) is 3.78. The van der Waals surface area contributed by atoms with Gasteiger partial charge in [0.2, 0.25) is 0 Å². The van der Waals surface area contributed by atoms with Gasteiger partial charge in [0.05, 0.1) is 0 Å². The lowest BCUT2D eigenvalue weighted by atomic mass is 10.7. The van der Waals surface area contributed by atoms with Gasteiger partial charge in [-0.3, -0.25) is 4.90 Å². The smallest absolute Gasteiger partial charge is 0.0481 e. The molecule has 2 heteroatoms. The van der Waals surface area contributed by atoms with E-state index in [0.29, 0.717) is 0 Å². The predicted molar refractivity (Wildman–Crippen MR) is 24.9 cm³/mol. The zero-order chi connectivity index (χ0) is 4.41. The molecule has 0 atom stereocenters. The summed E-state index contributed by atoms with van der Waals surface area (Å²) in [5.41, 5.74) is 0. The van der Waals surface area contributed by atoms with Crippen LogP contribution >= 0.6 is 0 Å². The molecule has 0 unspecified atom stereocenters. The van der Waals surface area contributed by atoms with Crippen molar-refractivity contribution >= 4 is 0 Å². The third kappa shape index (κ3) is 0.698. The van der Waals surface area contributed by atoms with E-state index in [1.54, 1.807) is 0 Å². The van der Waals surface area contributed by atoms with Crippen LogP contribution in [0.1, 0.15) is 0 Å². The zero-order valence-corrected chi connectivity index (χ0v) is 3.78. The van der Waals surface area contributed by atoms with Gasteiger partial charge in [-0.2, -0.15) is 0 Å². The van der Waals surface area contributed by atoms with Crippen molar-refractivity contribution in [1.82, 2.24) is 10.2 Å². The molecule has 1 radical (unpaired) electrons. The number of hydrogen-bond acceptors (Lipinski definition) is 2. The molecule has 0 aromatic rings. The number of nitrogens with one attached hydrogen (secondary N) is 1. The highest BCUT2D eigenvalue weighted by Gasteiger charge is 2.01. The van der Waals surface area contributed by atoms with Crippen molar-refractivity contribution in [2.45, 2.75) is 0 Å². The van der Waals surface area contributed by atoms with Crippen molar-refractivity contribution < 1.29 is 0 Å². The van der Waals surface area contributed by atoms with Crippen molar-refractivity contribution in [3.05, 3.63) is 7.05 Å². The van der Waals surface area contributed by atoms with Crippen LogP contribution in [0.15, 0.2) is 0 Å². The van der Waals surface area contributed by atoms with Gasteiger partial charge in [0.15, 0.2) is 0 Å². The van der Waals surface area contributed by atoms with Crippen molar-refractivity contribution in [2.24, 2.45) is 0 Å². The first kappa shape index (κ1) is 4.09. The second-order valence-corrected chi connectivity index (χ2v) is 1.55. The van der Waals surface area contributed by atoms with Crippen LogP contribution in [0.4, 0.5) is 0 Å². The lowest BCUT2D eigenvalue weighted by Gasteiger charge is -1.99. The van der Waals surface area contributed by atoms with Gasteiger partial charge in [0, 0.05) is 26.8 Å². The molecule has 1 rings (SSSR count). The van der Waals surface area contributed by atoms with E-state index in [2.05, 4.69) is 12.4 Å². The lowest BCUT2D eigenvalue weighted by Crippen LogP contribution is -2.13. The van der Waals surface area contributed by atoms with Crippen molar-refractivity contribution in [1.29, 1.82) is 0 Å². The largest absolute Gasteiger partial charge is 0.303 e. The molecule has 1 fully saturated rings. The van der Waals surface area contributed by atoms with Crippen LogP contribution in [-0.4, -0.2) is 24.7 Å². The van der Waals surface area contributed by atoms with E-state index in [9.17, 15) is 0 Å². The van der Waals surface area contributed by atoms with Gasteiger partial charge < -0.3 is 5.32 Å². The van der Waals surface area contributed by atoms with Crippen LogP contribution in [0, 0.1) is 7.05 Å². The Morgan fingerprint density at radius 3 is 2.67 bits per heavy atom. The second-order valence-electron chi connectivity index (χ2n) is 1.55. The summed E-state index contributed by atoms with van der Waals surface area (Å²) in [6.07, 6.45) is 0. The molecule has 1 aliphatic heterocycles. The fourth-order valence-corrected chi connectivity index (χ4v) is 0.553. The molecule has 1 N–H and O–H groups in total. The quantitative estimate of drug-likeness (QED) is 0.432. The Labute approximate surface area is 38.1 Å². The Balaban J connectivity index is 2.18. The van der Waals surface area contributed by atoms with Crippen LogP contribution in [0.2, 0.25) is 0 Å². The molecule has 0 aliphatic carbocycles. The average Bonchev–Trinajstić information content (AvgIpc) is 1.86. The Kier molecular flexibility index (Phi) is 1.08. The standard InChI is InChI=1S/C4H9N2/c1-6-3-2-5-4-6/h5H,1-4H2. The summed E-state index contributed by atoms with van der Waals surface area (Å²) in [5.74, 6) is 0. The maximum absolute atomic E-state index is 3.71. The van der Waals surface area contributed by atoms with E-state index in [-0.39, 0.29) is 0 Å². The lowest BCUT2D eigenvalue weighted by molar-refractivity contribution is 0.455. The van der Waals surface area contributed by atoms with Crippen LogP contribution in [-0.2, 0) is 0 Å². The molecule has 1 saturated heterocycles. The predicted octanol–water partition coefficient (Wildman–Crippen LogP) is -0.359. The summed E-state index contributed by atoms with van der Waals surface area (Å²) in [6.45, 7) is 3.16. The fraction of sp³-hybridized carbons (Fsp3) is 0.750. The van der Waals surface area contributed by atoms with Crippen molar-refractivity contribution in [3.8, 4) is 0 Å². The minimum atomic E-state index is 0.958. The molecule has 0 saturated carbocycles. The van der Waals surface area contributed by atoms with E-state index < -0.39 is 0 Å². The van der Waals surface area contributed by atoms with E-state index >= 15 is 0 Å². The van der Waals surface area contributed by atoms with E-state index in [1.807, 2.05) is 4.90 Å². The number of nitrogens with zero attached hydrogens (tertiary/aromatic N) is 1. The summed E-state index contributed by atoms with van der Waals surface area (Å²) >= 11 is 0. The van der Waals surface area contributed by atoms with Gasteiger partial charge in [-0.1, -0.05) is 0 Å². The highest BCUT2D eigenvalue weighted by atomic mass is 15.3. The topological polar surface area (TPSA) is 15.3 Å². The summed E-state index contributed by atoms with van der Waals surface area (Å²) in [7, 11) is 3.71. The van der Waals surface area contributed by atoms with Gasteiger partial charge in [0.25, 0.3) is 0 Å². The first-order chi connectivity index (χ1) is 2.89. The van der Waals surface area contributed by atoms with Gasteiger partial charge in [0.1, 0.15) is 0 Å². The second kappa shape index (κ2) is 1.58. The number of rotatable bonds is 0. The Morgan fingerprint density at radius 2 is 2.50 bits per heavy atom. The van der Waals surface area contributed by atoms with Crippen molar-refractivity contribution in [3.63, 3.8) is 0 Å². The first-order valence-corrected chi connectivity index (χ1v) is 2.16. The first-order valence-electron chi connectivity index (χ1n) is 2.16. The minimum absolute atomic E-state index is 0.958. The fourth-order valence-electron chi connectivity index (χ4n) is 0.553. The third-order valence-electron chi connectivity index (χ3n) is 0.940. The van der Waals surface area contributed by atoms with E-state index in [4.69, 9.17) is 0 Å². The molecule has 35 valence electrons. The van der Waals surface area contributed by atoms with E-state index in [0.717, 1.165) is 19.8 Å². The monoisotopic (exact) mass is 85.1 g/mol. The molecule has 0 spiro atoms. The highest BCUT2D eigenvalue weighted by Crippen LogP contribution is 1.84. The summed E-state index contributed by atoms with van der Waals surface area (Å²) in [6, 6.07) is 0. The molecule has 0 amide bonds.